The summed E-state index contributed by atoms with van der Waals surface area (Å²) in [6.45, 7) is 4.87. The summed E-state index contributed by atoms with van der Waals surface area (Å²) in [6.07, 6.45) is 0.432. The highest BCUT2D eigenvalue weighted by molar-refractivity contribution is 7.18. The number of aryl methyl sites for hydroxylation is 1. The Balaban J connectivity index is 1.87. The van der Waals surface area contributed by atoms with Crippen LogP contribution in [0.15, 0.2) is 6.07 Å². The van der Waals surface area contributed by atoms with Gasteiger partial charge >= 0.3 is 0 Å². The van der Waals surface area contributed by atoms with E-state index in [1.807, 2.05) is 19.9 Å². The van der Waals surface area contributed by atoms with Gasteiger partial charge in [-0.15, -0.1) is 11.3 Å². The van der Waals surface area contributed by atoms with Crippen LogP contribution in [0.5, 0.6) is 0 Å². The number of fused-ring (bicyclic) bond motifs is 1. The Morgan fingerprint density at radius 2 is 2.40 bits per heavy atom. The van der Waals surface area contributed by atoms with Crippen molar-refractivity contribution in [2.75, 3.05) is 24.2 Å². The first-order chi connectivity index (χ1) is 9.48. The van der Waals surface area contributed by atoms with Gasteiger partial charge in [-0.3, -0.25) is 0 Å². The van der Waals surface area contributed by atoms with E-state index in [0.29, 0.717) is 25.4 Å². The number of ether oxygens (including phenoxy) is 1. The SMILES string of the molecule is Cc1cc2c(NCC3(O)CCOC3C)nc(N)nc2s1. The van der Waals surface area contributed by atoms with Crippen molar-refractivity contribution >= 4 is 33.3 Å². The quantitative estimate of drug-likeness (QED) is 0.795. The number of aliphatic hydroxyl groups is 1. The lowest BCUT2D eigenvalue weighted by Crippen LogP contribution is -2.43. The normalized spacial score (nSPS) is 26.2. The lowest BCUT2D eigenvalue weighted by molar-refractivity contribution is -0.0176. The number of aromatic nitrogens is 2. The van der Waals surface area contributed by atoms with Crippen molar-refractivity contribution in [2.45, 2.75) is 32.0 Å². The molecule has 0 amide bonds. The number of hydrogen-bond donors (Lipinski definition) is 3. The Labute approximate surface area is 121 Å². The third-order valence-corrected chi connectivity index (χ3v) is 4.70. The first kappa shape index (κ1) is 13.5. The van der Waals surface area contributed by atoms with Crippen molar-refractivity contribution in [1.29, 1.82) is 0 Å². The molecule has 6 nitrogen and oxygen atoms in total. The van der Waals surface area contributed by atoms with Gasteiger partial charge in [-0.05, 0) is 19.9 Å². The average Bonchev–Trinajstić information content (AvgIpc) is 2.90. The number of thiophene rings is 1. The standard InChI is InChI=1S/C13H18N4O2S/c1-7-5-9-10(16-12(14)17-11(9)20-7)15-6-13(18)3-4-19-8(13)2/h5,8,18H,3-4,6H2,1-2H3,(H3,14,15,16,17). The van der Waals surface area contributed by atoms with Crippen LogP contribution in [-0.4, -0.2) is 39.9 Å². The van der Waals surface area contributed by atoms with E-state index < -0.39 is 5.60 Å². The molecule has 3 heterocycles. The molecular formula is C13H18N4O2S. The molecule has 1 aliphatic heterocycles. The molecule has 7 heteroatoms. The molecule has 3 rings (SSSR count). The fraction of sp³-hybridized carbons (Fsp3) is 0.538. The molecule has 0 bridgehead atoms. The minimum absolute atomic E-state index is 0.186. The van der Waals surface area contributed by atoms with Crippen LogP contribution < -0.4 is 11.1 Å². The lowest BCUT2D eigenvalue weighted by atomic mass is 9.97. The topological polar surface area (TPSA) is 93.3 Å². The summed E-state index contributed by atoms with van der Waals surface area (Å²) in [6, 6.07) is 2.03. The molecule has 2 unspecified atom stereocenters. The molecule has 1 fully saturated rings. The first-order valence-electron chi connectivity index (χ1n) is 6.59. The second kappa shape index (κ2) is 4.83. The summed E-state index contributed by atoms with van der Waals surface area (Å²) in [7, 11) is 0. The molecule has 1 aliphatic rings. The molecule has 2 atom stereocenters. The number of nitrogens with two attached hydrogens (primary N) is 1. The molecule has 0 aromatic carbocycles. The van der Waals surface area contributed by atoms with E-state index in [-0.39, 0.29) is 12.1 Å². The van der Waals surface area contributed by atoms with E-state index in [1.54, 1.807) is 11.3 Å². The zero-order valence-electron chi connectivity index (χ0n) is 11.5. The summed E-state index contributed by atoms with van der Waals surface area (Å²) >= 11 is 1.58. The van der Waals surface area contributed by atoms with Crippen LogP contribution in [-0.2, 0) is 4.74 Å². The molecule has 108 valence electrons. The maximum Gasteiger partial charge on any atom is 0.223 e. The fourth-order valence-corrected chi connectivity index (χ4v) is 3.32. The van der Waals surface area contributed by atoms with Gasteiger partial charge in [-0.1, -0.05) is 0 Å². The Morgan fingerprint density at radius 3 is 3.10 bits per heavy atom. The Bertz CT molecular complexity index is 645. The molecule has 20 heavy (non-hydrogen) atoms. The second-order valence-corrected chi connectivity index (χ2v) is 6.46. The van der Waals surface area contributed by atoms with Crippen molar-refractivity contribution in [3.63, 3.8) is 0 Å². The van der Waals surface area contributed by atoms with Crippen LogP contribution in [0.25, 0.3) is 10.2 Å². The summed E-state index contributed by atoms with van der Waals surface area (Å²) in [5, 5.41) is 14.6. The Kier molecular flexibility index (Phi) is 3.27. The van der Waals surface area contributed by atoms with Crippen LogP contribution in [0.1, 0.15) is 18.2 Å². The van der Waals surface area contributed by atoms with Crippen molar-refractivity contribution in [1.82, 2.24) is 9.97 Å². The summed E-state index contributed by atoms with van der Waals surface area (Å²) in [4.78, 5) is 10.5. The molecule has 4 N–H and O–H groups in total. The van der Waals surface area contributed by atoms with Crippen molar-refractivity contribution in [3.05, 3.63) is 10.9 Å². The summed E-state index contributed by atoms with van der Waals surface area (Å²) in [5.41, 5.74) is 4.87. The minimum Gasteiger partial charge on any atom is -0.385 e. The maximum atomic E-state index is 10.5. The van der Waals surface area contributed by atoms with E-state index in [1.165, 1.54) is 0 Å². The van der Waals surface area contributed by atoms with Gasteiger partial charge in [0.05, 0.1) is 11.5 Å². The third-order valence-electron chi connectivity index (χ3n) is 3.75. The zero-order valence-corrected chi connectivity index (χ0v) is 12.3. The average molecular weight is 294 g/mol. The number of nitrogen functional groups attached to an aromatic ring is 1. The number of nitrogens with one attached hydrogen (secondary N) is 1. The van der Waals surface area contributed by atoms with Gasteiger partial charge in [0.1, 0.15) is 16.2 Å². The third kappa shape index (κ3) is 2.32. The molecule has 1 saturated heterocycles. The van der Waals surface area contributed by atoms with Gasteiger partial charge in [0.15, 0.2) is 0 Å². The number of nitrogens with zero attached hydrogens (tertiary/aromatic N) is 2. The van der Waals surface area contributed by atoms with Crippen LogP contribution in [0.4, 0.5) is 11.8 Å². The highest BCUT2D eigenvalue weighted by atomic mass is 32.1. The Hall–Kier alpha value is -1.44. The van der Waals surface area contributed by atoms with Crippen molar-refractivity contribution in [2.24, 2.45) is 0 Å². The predicted octanol–water partition coefficient (Wildman–Crippen LogP) is 1.53. The van der Waals surface area contributed by atoms with E-state index >= 15 is 0 Å². The van der Waals surface area contributed by atoms with E-state index in [0.717, 1.165) is 15.1 Å². The lowest BCUT2D eigenvalue weighted by Gasteiger charge is -2.26. The van der Waals surface area contributed by atoms with Gasteiger partial charge in [-0.2, -0.15) is 4.98 Å². The van der Waals surface area contributed by atoms with Gasteiger partial charge in [0.25, 0.3) is 0 Å². The molecular weight excluding hydrogens is 276 g/mol. The van der Waals surface area contributed by atoms with Gasteiger partial charge in [0.2, 0.25) is 5.95 Å². The highest BCUT2D eigenvalue weighted by Crippen LogP contribution is 2.31. The summed E-state index contributed by atoms with van der Waals surface area (Å²) in [5.74, 6) is 0.911. The zero-order chi connectivity index (χ0) is 14.3. The largest absolute Gasteiger partial charge is 0.385 e. The highest BCUT2D eigenvalue weighted by Gasteiger charge is 2.39. The van der Waals surface area contributed by atoms with Gasteiger partial charge in [0, 0.05) is 24.4 Å². The number of hydrogen-bond acceptors (Lipinski definition) is 7. The first-order valence-corrected chi connectivity index (χ1v) is 7.41. The molecule has 0 saturated carbocycles. The summed E-state index contributed by atoms with van der Waals surface area (Å²) < 4.78 is 5.43. The van der Waals surface area contributed by atoms with Crippen LogP contribution >= 0.6 is 11.3 Å². The fourth-order valence-electron chi connectivity index (χ4n) is 2.43. The van der Waals surface area contributed by atoms with Crippen molar-refractivity contribution < 1.29 is 9.84 Å². The van der Waals surface area contributed by atoms with Crippen molar-refractivity contribution in [3.8, 4) is 0 Å². The van der Waals surface area contributed by atoms with Crippen LogP contribution in [0, 0.1) is 6.92 Å². The van der Waals surface area contributed by atoms with Gasteiger partial charge in [-0.25, -0.2) is 4.98 Å². The monoisotopic (exact) mass is 294 g/mol. The Morgan fingerprint density at radius 1 is 1.60 bits per heavy atom. The van der Waals surface area contributed by atoms with Crippen LogP contribution in [0.2, 0.25) is 0 Å². The van der Waals surface area contributed by atoms with E-state index in [9.17, 15) is 5.11 Å². The molecule has 0 aliphatic carbocycles. The maximum absolute atomic E-state index is 10.5. The number of rotatable bonds is 3. The minimum atomic E-state index is -0.864. The van der Waals surface area contributed by atoms with Gasteiger partial charge < -0.3 is 20.9 Å². The molecule has 0 spiro atoms. The second-order valence-electron chi connectivity index (χ2n) is 5.23. The molecule has 2 aromatic heterocycles. The predicted molar refractivity (Wildman–Crippen MR) is 80.0 cm³/mol. The van der Waals surface area contributed by atoms with Crippen LogP contribution in [0.3, 0.4) is 0 Å². The molecule has 0 radical (unpaired) electrons. The van der Waals surface area contributed by atoms with E-state index in [4.69, 9.17) is 10.5 Å². The smallest absolute Gasteiger partial charge is 0.223 e. The van der Waals surface area contributed by atoms with E-state index in [2.05, 4.69) is 15.3 Å². The molecule has 2 aromatic rings. The number of anilines is 2.